The minimum atomic E-state index is 0. The summed E-state index contributed by atoms with van der Waals surface area (Å²) < 4.78 is 11.2. The largest absolute Gasteiger partial charge is 0.497 e. The molecule has 1 heterocycles. The van der Waals surface area contributed by atoms with Crippen molar-refractivity contribution in [3.05, 3.63) is 24.3 Å². The number of likely N-dealkylation sites (tertiary alicyclic amines) is 1. The monoisotopic (exact) mass is 490 g/mol. The van der Waals surface area contributed by atoms with Crippen LogP contribution in [0.25, 0.3) is 0 Å². The average Bonchev–Trinajstić information content (AvgIpc) is 3.13. The Hall–Kier alpha value is -1.22. The fourth-order valence-corrected chi connectivity index (χ4v) is 3.49. The highest BCUT2D eigenvalue weighted by Gasteiger charge is 2.28. The minimum absolute atomic E-state index is 0. The summed E-state index contributed by atoms with van der Waals surface area (Å²) in [5, 5.41) is 3.46. The first kappa shape index (κ1) is 23.8. The molecule has 0 saturated carbocycles. The molecular formula is C20H35IN4O2. The molecule has 1 aliphatic rings. The lowest BCUT2D eigenvalue weighted by atomic mass is 10.2. The molecule has 1 aliphatic heterocycles. The summed E-state index contributed by atoms with van der Waals surface area (Å²) in [6, 6.07) is 8.32. The van der Waals surface area contributed by atoms with Gasteiger partial charge in [-0.3, -0.25) is 9.89 Å². The van der Waals surface area contributed by atoms with E-state index in [0.717, 1.165) is 43.6 Å². The number of ether oxygens (including phenoxy) is 2. The highest BCUT2D eigenvalue weighted by Crippen LogP contribution is 2.20. The SMILES string of the molecule is CCN(CC)C1CCN(C(=NC)NCC(C)Oc2cccc(OC)c2)C1.I. The number of nitrogens with one attached hydrogen (secondary N) is 1. The molecule has 1 N–H and O–H groups in total. The maximum Gasteiger partial charge on any atom is 0.193 e. The number of guanidine groups is 1. The van der Waals surface area contributed by atoms with Crippen LogP contribution in [0, 0.1) is 0 Å². The maximum absolute atomic E-state index is 5.98. The van der Waals surface area contributed by atoms with E-state index in [9.17, 15) is 0 Å². The van der Waals surface area contributed by atoms with Gasteiger partial charge in [0.15, 0.2) is 5.96 Å². The van der Waals surface area contributed by atoms with Gasteiger partial charge in [0.1, 0.15) is 17.6 Å². The second-order valence-electron chi connectivity index (χ2n) is 6.65. The Morgan fingerprint density at radius 3 is 2.67 bits per heavy atom. The first-order valence-electron chi connectivity index (χ1n) is 9.61. The van der Waals surface area contributed by atoms with E-state index in [1.54, 1.807) is 7.11 Å². The molecule has 27 heavy (non-hydrogen) atoms. The van der Waals surface area contributed by atoms with E-state index in [-0.39, 0.29) is 30.1 Å². The van der Waals surface area contributed by atoms with Crippen LogP contribution < -0.4 is 14.8 Å². The Morgan fingerprint density at radius 2 is 2.04 bits per heavy atom. The Morgan fingerprint density at radius 1 is 1.33 bits per heavy atom. The fraction of sp³-hybridized carbons (Fsp3) is 0.650. The number of nitrogens with zero attached hydrogens (tertiary/aromatic N) is 3. The van der Waals surface area contributed by atoms with E-state index in [4.69, 9.17) is 9.47 Å². The van der Waals surface area contributed by atoms with Crippen LogP contribution in [0.15, 0.2) is 29.3 Å². The lowest BCUT2D eigenvalue weighted by Crippen LogP contribution is -2.45. The topological polar surface area (TPSA) is 49.3 Å². The van der Waals surface area contributed by atoms with E-state index in [1.165, 1.54) is 6.42 Å². The van der Waals surface area contributed by atoms with Crippen molar-refractivity contribution in [2.24, 2.45) is 4.99 Å². The molecule has 1 fully saturated rings. The fourth-order valence-electron chi connectivity index (χ4n) is 3.49. The lowest BCUT2D eigenvalue weighted by molar-refractivity contribution is 0.217. The molecule has 0 amide bonds. The predicted molar refractivity (Wildman–Crippen MR) is 123 cm³/mol. The lowest BCUT2D eigenvalue weighted by Gasteiger charge is -2.27. The summed E-state index contributed by atoms with van der Waals surface area (Å²) in [5.74, 6) is 2.58. The van der Waals surface area contributed by atoms with Crippen LogP contribution in [0.2, 0.25) is 0 Å². The zero-order valence-corrected chi connectivity index (χ0v) is 19.6. The second-order valence-corrected chi connectivity index (χ2v) is 6.65. The molecular weight excluding hydrogens is 455 g/mol. The molecule has 1 aromatic rings. The second kappa shape index (κ2) is 12.3. The van der Waals surface area contributed by atoms with Crippen molar-refractivity contribution in [2.45, 2.75) is 39.3 Å². The summed E-state index contributed by atoms with van der Waals surface area (Å²) >= 11 is 0. The minimum Gasteiger partial charge on any atom is -0.497 e. The van der Waals surface area contributed by atoms with Crippen LogP contribution in [0.3, 0.4) is 0 Å². The van der Waals surface area contributed by atoms with Gasteiger partial charge in [-0.2, -0.15) is 0 Å². The molecule has 1 saturated heterocycles. The predicted octanol–water partition coefficient (Wildman–Crippen LogP) is 3.07. The van der Waals surface area contributed by atoms with Gasteiger partial charge in [-0.05, 0) is 38.6 Å². The van der Waals surface area contributed by atoms with Crippen molar-refractivity contribution in [1.82, 2.24) is 15.1 Å². The quantitative estimate of drug-likeness (QED) is 0.345. The van der Waals surface area contributed by atoms with E-state index in [0.29, 0.717) is 12.6 Å². The van der Waals surface area contributed by atoms with Gasteiger partial charge < -0.3 is 19.7 Å². The Bertz CT molecular complexity index is 581. The van der Waals surface area contributed by atoms with Crippen LogP contribution in [0.1, 0.15) is 27.2 Å². The van der Waals surface area contributed by atoms with Gasteiger partial charge in [0.2, 0.25) is 0 Å². The standard InChI is InChI=1S/C20H34N4O2.HI/c1-6-23(7-2)17-11-12-24(15-17)20(21-4)22-14-16(3)26-19-10-8-9-18(13-19)25-5;/h8-10,13,16-17H,6-7,11-12,14-15H2,1-5H3,(H,21,22);1H. The number of aliphatic imine (C=N–C) groups is 1. The molecule has 6 nitrogen and oxygen atoms in total. The number of rotatable bonds is 8. The number of hydrogen-bond acceptors (Lipinski definition) is 4. The van der Waals surface area contributed by atoms with E-state index in [1.807, 2.05) is 31.3 Å². The van der Waals surface area contributed by atoms with Crippen LogP contribution >= 0.6 is 24.0 Å². The summed E-state index contributed by atoms with van der Waals surface area (Å²) in [7, 11) is 3.51. The number of benzene rings is 1. The van der Waals surface area contributed by atoms with Crippen LogP contribution in [0.5, 0.6) is 11.5 Å². The average molecular weight is 490 g/mol. The Balaban J connectivity index is 0.00000364. The van der Waals surface area contributed by atoms with Crippen molar-refractivity contribution >= 4 is 29.9 Å². The zero-order chi connectivity index (χ0) is 18.9. The van der Waals surface area contributed by atoms with E-state index in [2.05, 4.69) is 40.9 Å². The third-order valence-electron chi connectivity index (χ3n) is 4.93. The molecule has 2 atom stereocenters. The third kappa shape index (κ3) is 7.03. The Labute approximate surface area is 181 Å². The van der Waals surface area contributed by atoms with Gasteiger partial charge in [0, 0.05) is 32.2 Å². The normalized spacial score (nSPS) is 18.2. The first-order valence-corrected chi connectivity index (χ1v) is 9.61. The van der Waals surface area contributed by atoms with Crippen molar-refractivity contribution in [2.75, 3.05) is 46.9 Å². The molecule has 0 spiro atoms. The van der Waals surface area contributed by atoms with Gasteiger partial charge >= 0.3 is 0 Å². The number of methoxy groups -OCH3 is 1. The van der Waals surface area contributed by atoms with E-state index >= 15 is 0 Å². The molecule has 0 radical (unpaired) electrons. The summed E-state index contributed by atoms with van der Waals surface area (Å²) in [6.45, 7) is 11.5. The number of likely N-dealkylation sites (N-methyl/N-ethyl adjacent to an activating group) is 1. The molecule has 2 unspecified atom stereocenters. The van der Waals surface area contributed by atoms with Gasteiger partial charge in [0.05, 0.1) is 13.7 Å². The van der Waals surface area contributed by atoms with Crippen molar-refractivity contribution in [3.63, 3.8) is 0 Å². The molecule has 2 rings (SSSR count). The third-order valence-corrected chi connectivity index (χ3v) is 4.93. The van der Waals surface area contributed by atoms with E-state index < -0.39 is 0 Å². The van der Waals surface area contributed by atoms with Gasteiger partial charge in [-0.1, -0.05) is 19.9 Å². The summed E-state index contributed by atoms with van der Waals surface area (Å²) in [4.78, 5) is 9.34. The maximum atomic E-state index is 5.98. The molecule has 1 aromatic carbocycles. The van der Waals surface area contributed by atoms with Crippen LogP contribution in [-0.2, 0) is 0 Å². The molecule has 0 aliphatic carbocycles. The zero-order valence-electron chi connectivity index (χ0n) is 17.3. The van der Waals surface area contributed by atoms with Crippen molar-refractivity contribution < 1.29 is 9.47 Å². The van der Waals surface area contributed by atoms with Crippen LogP contribution in [0.4, 0.5) is 0 Å². The first-order chi connectivity index (χ1) is 12.6. The van der Waals surface area contributed by atoms with Crippen molar-refractivity contribution in [3.8, 4) is 11.5 Å². The van der Waals surface area contributed by atoms with Gasteiger partial charge in [-0.25, -0.2) is 0 Å². The highest BCUT2D eigenvalue weighted by atomic mass is 127. The highest BCUT2D eigenvalue weighted by molar-refractivity contribution is 14.0. The van der Waals surface area contributed by atoms with Gasteiger partial charge in [0.25, 0.3) is 0 Å². The van der Waals surface area contributed by atoms with Crippen molar-refractivity contribution in [1.29, 1.82) is 0 Å². The summed E-state index contributed by atoms with van der Waals surface area (Å²) in [5.41, 5.74) is 0. The smallest absolute Gasteiger partial charge is 0.193 e. The molecule has 154 valence electrons. The number of halogens is 1. The molecule has 0 aromatic heterocycles. The van der Waals surface area contributed by atoms with Crippen LogP contribution in [-0.4, -0.2) is 74.8 Å². The molecule has 0 bridgehead atoms. The summed E-state index contributed by atoms with van der Waals surface area (Å²) in [6.07, 6.45) is 1.22. The Kier molecular flexibility index (Phi) is 10.8. The molecule has 7 heteroatoms. The number of hydrogen-bond donors (Lipinski definition) is 1. The van der Waals surface area contributed by atoms with Gasteiger partial charge in [-0.15, -0.1) is 24.0 Å².